The predicted octanol–water partition coefficient (Wildman–Crippen LogP) is 3.42. The molecule has 5 heteroatoms. The summed E-state index contributed by atoms with van der Waals surface area (Å²) in [6.45, 7) is 2.34. The van der Waals surface area contributed by atoms with Gasteiger partial charge in [-0.3, -0.25) is 11.3 Å². The summed E-state index contributed by atoms with van der Waals surface area (Å²) in [5, 5.41) is 0. The summed E-state index contributed by atoms with van der Waals surface area (Å²) in [5.41, 5.74) is 3.14. The fraction of sp³-hybridized carbons (Fsp3) is 0.714. The van der Waals surface area contributed by atoms with Crippen LogP contribution in [0.2, 0.25) is 4.34 Å². The number of hydrogen-bond acceptors (Lipinski definition) is 4. The molecule has 1 aromatic heterocycles. The van der Waals surface area contributed by atoms with E-state index in [-0.39, 0.29) is 11.6 Å². The molecular weight excluding hydrogens is 278 g/mol. The molecule has 3 atom stereocenters. The maximum Gasteiger partial charge on any atom is 0.0931 e. The van der Waals surface area contributed by atoms with Crippen LogP contribution in [0.4, 0.5) is 0 Å². The Labute approximate surface area is 125 Å². The second kappa shape index (κ2) is 6.10. The van der Waals surface area contributed by atoms with E-state index in [1.807, 2.05) is 6.07 Å². The van der Waals surface area contributed by atoms with Crippen LogP contribution >= 0.6 is 22.9 Å². The van der Waals surface area contributed by atoms with E-state index < -0.39 is 0 Å². The molecular formula is C14H24ClN3S. The molecule has 0 spiro atoms. The molecule has 1 fully saturated rings. The molecule has 0 aromatic carbocycles. The van der Waals surface area contributed by atoms with Gasteiger partial charge in [0.1, 0.15) is 0 Å². The van der Waals surface area contributed by atoms with Gasteiger partial charge in [-0.1, -0.05) is 31.4 Å². The van der Waals surface area contributed by atoms with Gasteiger partial charge in [-0.25, -0.2) is 0 Å². The van der Waals surface area contributed by atoms with Gasteiger partial charge >= 0.3 is 0 Å². The molecule has 0 amide bonds. The van der Waals surface area contributed by atoms with Crippen LogP contribution in [0.3, 0.4) is 0 Å². The van der Waals surface area contributed by atoms with Crippen LogP contribution in [0.25, 0.3) is 0 Å². The summed E-state index contributed by atoms with van der Waals surface area (Å²) in [7, 11) is 4.33. The molecule has 0 saturated heterocycles. The first-order valence-electron chi connectivity index (χ1n) is 6.88. The van der Waals surface area contributed by atoms with Crippen molar-refractivity contribution in [2.24, 2.45) is 11.8 Å². The maximum atomic E-state index is 6.09. The summed E-state index contributed by atoms with van der Waals surface area (Å²) in [5.74, 6) is 6.64. The zero-order chi connectivity index (χ0) is 14.0. The van der Waals surface area contributed by atoms with Gasteiger partial charge in [0.25, 0.3) is 0 Å². The predicted molar refractivity (Wildman–Crippen MR) is 83.4 cm³/mol. The third-order valence-electron chi connectivity index (χ3n) is 4.48. The van der Waals surface area contributed by atoms with E-state index in [0.29, 0.717) is 0 Å². The van der Waals surface area contributed by atoms with E-state index in [1.54, 1.807) is 11.3 Å². The highest BCUT2D eigenvalue weighted by atomic mass is 35.5. The van der Waals surface area contributed by atoms with Gasteiger partial charge in [0.05, 0.1) is 10.4 Å². The Kier molecular flexibility index (Phi) is 4.90. The van der Waals surface area contributed by atoms with Crippen LogP contribution in [-0.2, 0) is 0 Å². The van der Waals surface area contributed by atoms with Crippen molar-refractivity contribution in [1.82, 2.24) is 10.3 Å². The van der Waals surface area contributed by atoms with Crippen molar-refractivity contribution >= 4 is 22.9 Å². The van der Waals surface area contributed by atoms with Gasteiger partial charge in [-0.05, 0) is 45.0 Å². The number of nitrogens with one attached hydrogen (secondary N) is 1. The molecule has 0 radical (unpaired) electrons. The molecule has 108 valence electrons. The number of rotatable bonds is 4. The zero-order valence-corrected chi connectivity index (χ0v) is 13.5. The van der Waals surface area contributed by atoms with E-state index >= 15 is 0 Å². The number of hydrazine groups is 1. The molecule has 3 nitrogen and oxygen atoms in total. The van der Waals surface area contributed by atoms with Gasteiger partial charge in [0.15, 0.2) is 0 Å². The molecule has 19 heavy (non-hydrogen) atoms. The molecule has 3 unspecified atom stereocenters. The summed E-state index contributed by atoms with van der Waals surface area (Å²) >= 11 is 7.72. The SMILES string of the molecule is CC1CCCC(C(NN)c2ccc(Cl)s2)(N(C)C)C1. The molecule has 1 saturated carbocycles. The molecule has 1 heterocycles. The van der Waals surface area contributed by atoms with Crippen molar-refractivity contribution in [2.45, 2.75) is 44.2 Å². The average Bonchev–Trinajstić information content (AvgIpc) is 2.76. The number of nitrogens with zero attached hydrogens (tertiary/aromatic N) is 1. The van der Waals surface area contributed by atoms with Crippen LogP contribution < -0.4 is 11.3 Å². The lowest BCUT2D eigenvalue weighted by atomic mass is 9.71. The van der Waals surface area contributed by atoms with Crippen molar-refractivity contribution in [3.05, 3.63) is 21.3 Å². The van der Waals surface area contributed by atoms with Crippen LogP contribution in [0.5, 0.6) is 0 Å². The van der Waals surface area contributed by atoms with E-state index in [4.69, 9.17) is 17.4 Å². The minimum absolute atomic E-state index is 0.0839. The monoisotopic (exact) mass is 301 g/mol. The average molecular weight is 302 g/mol. The Bertz CT molecular complexity index is 421. The number of hydrogen-bond donors (Lipinski definition) is 2. The topological polar surface area (TPSA) is 41.3 Å². The quantitative estimate of drug-likeness (QED) is 0.661. The van der Waals surface area contributed by atoms with E-state index in [1.165, 1.54) is 30.6 Å². The first-order valence-corrected chi connectivity index (χ1v) is 8.08. The molecule has 1 aromatic rings. The van der Waals surface area contributed by atoms with Crippen molar-refractivity contribution in [3.63, 3.8) is 0 Å². The Morgan fingerprint density at radius 3 is 2.74 bits per heavy atom. The van der Waals surface area contributed by atoms with Crippen LogP contribution in [0, 0.1) is 5.92 Å². The highest BCUT2D eigenvalue weighted by molar-refractivity contribution is 7.16. The summed E-state index contributed by atoms with van der Waals surface area (Å²) in [6.07, 6.45) is 4.92. The number of likely N-dealkylation sites (N-methyl/N-ethyl adjacent to an activating group) is 1. The lowest BCUT2D eigenvalue weighted by molar-refractivity contribution is 0.0378. The third-order valence-corrected chi connectivity index (χ3v) is 5.78. The maximum absolute atomic E-state index is 6.09. The highest BCUT2D eigenvalue weighted by Crippen LogP contribution is 2.45. The van der Waals surface area contributed by atoms with E-state index in [9.17, 15) is 0 Å². The van der Waals surface area contributed by atoms with Crippen LogP contribution in [0.15, 0.2) is 12.1 Å². The van der Waals surface area contributed by atoms with Crippen molar-refractivity contribution in [1.29, 1.82) is 0 Å². The Balaban J connectivity index is 2.35. The Hall–Kier alpha value is -0.130. The molecule has 1 aliphatic rings. The Morgan fingerprint density at radius 1 is 1.53 bits per heavy atom. The largest absolute Gasteiger partial charge is 0.302 e. The van der Waals surface area contributed by atoms with Gasteiger partial charge in [-0.15, -0.1) is 11.3 Å². The zero-order valence-electron chi connectivity index (χ0n) is 11.9. The van der Waals surface area contributed by atoms with Gasteiger partial charge in [0.2, 0.25) is 0 Å². The van der Waals surface area contributed by atoms with Gasteiger partial charge < -0.3 is 4.90 Å². The summed E-state index contributed by atoms with van der Waals surface area (Å²) in [6, 6.07) is 4.20. The minimum atomic E-state index is 0.0839. The highest BCUT2D eigenvalue weighted by Gasteiger charge is 2.44. The van der Waals surface area contributed by atoms with E-state index in [2.05, 4.69) is 37.4 Å². The number of thiophene rings is 1. The van der Waals surface area contributed by atoms with Gasteiger partial charge in [-0.2, -0.15) is 0 Å². The third kappa shape index (κ3) is 2.98. The second-order valence-electron chi connectivity index (χ2n) is 5.94. The molecule has 3 N–H and O–H groups in total. The second-order valence-corrected chi connectivity index (χ2v) is 7.69. The fourth-order valence-electron chi connectivity index (χ4n) is 3.48. The summed E-state index contributed by atoms with van der Waals surface area (Å²) < 4.78 is 0.827. The normalized spacial score (nSPS) is 29.7. The van der Waals surface area contributed by atoms with Crippen molar-refractivity contribution in [3.8, 4) is 0 Å². The number of nitrogens with two attached hydrogens (primary N) is 1. The molecule has 2 rings (SSSR count). The Morgan fingerprint density at radius 2 is 2.26 bits per heavy atom. The minimum Gasteiger partial charge on any atom is -0.302 e. The first-order chi connectivity index (χ1) is 8.99. The van der Waals surface area contributed by atoms with Gasteiger partial charge in [0, 0.05) is 10.4 Å². The summed E-state index contributed by atoms with van der Waals surface area (Å²) in [4.78, 5) is 3.58. The standard InChI is InChI=1S/C14H24ClN3S/c1-10-5-4-8-14(9-10,18(2)3)13(17-16)11-6-7-12(15)19-11/h6-7,10,13,17H,4-5,8-9,16H2,1-3H3. The molecule has 1 aliphatic carbocycles. The lowest BCUT2D eigenvalue weighted by Crippen LogP contribution is -2.57. The van der Waals surface area contributed by atoms with Crippen LogP contribution in [-0.4, -0.2) is 24.5 Å². The first kappa shape index (κ1) is 15.3. The van der Waals surface area contributed by atoms with Crippen molar-refractivity contribution < 1.29 is 0 Å². The molecule has 0 aliphatic heterocycles. The van der Waals surface area contributed by atoms with E-state index in [0.717, 1.165) is 10.3 Å². The fourth-order valence-corrected chi connectivity index (χ4v) is 4.71. The smallest absolute Gasteiger partial charge is 0.0931 e. The molecule has 0 bridgehead atoms. The lowest BCUT2D eigenvalue weighted by Gasteiger charge is -2.49. The van der Waals surface area contributed by atoms with Crippen molar-refractivity contribution in [2.75, 3.05) is 14.1 Å². The number of halogens is 1. The van der Waals surface area contributed by atoms with Crippen LogP contribution in [0.1, 0.15) is 43.5 Å².